The molecule has 0 atom stereocenters. The summed E-state index contributed by atoms with van der Waals surface area (Å²) in [4.78, 5) is 47.9. The molecule has 27 heavy (non-hydrogen) atoms. The van der Waals surface area contributed by atoms with Gasteiger partial charge in [0.1, 0.15) is 0 Å². The Morgan fingerprint density at radius 3 is 2.11 bits per heavy atom. The van der Waals surface area contributed by atoms with Crippen molar-refractivity contribution < 1.29 is 28.8 Å². The third kappa shape index (κ3) is 6.53. The van der Waals surface area contributed by atoms with Crippen LogP contribution in [0.15, 0.2) is 30.4 Å². The molecule has 0 radical (unpaired) electrons. The first kappa shape index (κ1) is 21.8. The van der Waals surface area contributed by atoms with Crippen LogP contribution >= 0.6 is 0 Å². The fraction of sp³-hybridized carbons (Fsp3) is 0.389. The van der Waals surface area contributed by atoms with Crippen molar-refractivity contribution in [3.05, 3.63) is 51.6 Å². The smallest absolute Gasteiger partial charge is 0.338 e. The number of esters is 2. The van der Waals surface area contributed by atoms with Crippen molar-refractivity contribution in [3.8, 4) is 0 Å². The maximum Gasteiger partial charge on any atom is 0.338 e. The van der Waals surface area contributed by atoms with Crippen molar-refractivity contribution in [2.75, 3.05) is 26.3 Å². The Kier molecular flexibility index (Phi) is 8.12. The Morgan fingerprint density at radius 2 is 1.67 bits per heavy atom. The number of non-ortho nitro benzene ring substituents is 1. The Morgan fingerprint density at radius 1 is 1.11 bits per heavy atom. The van der Waals surface area contributed by atoms with E-state index < -0.39 is 35.1 Å². The van der Waals surface area contributed by atoms with Gasteiger partial charge in [0, 0.05) is 25.2 Å². The molecule has 0 aliphatic heterocycles. The van der Waals surface area contributed by atoms with Gasteiger partial charge in [-0.3, -0.25) is 14.9 Å². The van der Waals surface area contributed by atoms with E-state index in [2.05, 4.69) is 6.58 Å². The number of carbonyl (C=O) groups excluding carboxylic acids is 3. The largest absolute Gasteiger partial charge is 0.462 e. The molecule has 1 amide bonds. The fourth-order valence-electron chi connectivity index (χ4n) is 2.17. The average Bonchev–Trinajstić information content (AvgIpc) is 2.63. The summed E-state index contributed by atoms with van der Waals surface area (Å²) in [7, 11) is 0. The second kappa shape index (κ2) is 10.0. The normalized spacial score (nSPS) is 10.0. The third-order valence-electron chi connectivity index (χ3n) is 3.40. The molecule has 0 unspecified atom stereocenters. The average molecular weight is 378 g/mol. The highest BCUT2D eigenvalue weighted by Gasteiger charge is 2.21. The van der Waals surface area contributed by atoms with E-state index >= 15 is 0 Å². The summed E-state index contributed by atoms with van der Waals surface area (Å²) in [5, 5.41) is 11.0. The second-order valence-corrected chi connectivity index (χ2v) is 5.69. The molecule has 0 spiro atoms. The number of rotatable bonds is 9. The van der Waals surface area contributed by atoms with Crippen LogP contribution in [0.1, 0.15) is 41.5 Å². The van der Waals surface area contributed by atoms with Crippen molar-refractivity contribution >= 4 is 23.5 Å². The zero-order valence-electron chi connectivity index (χ0n) is 15.5. The van der Waals surface area contributed by atoms with Crippen LogP contribution < -0.4 is 0 Å². The number of nitro groups is 1. The SMILES string of the molecule is C=C(C)CN(CC)C(=O)COC(=O)c1cc(C(=O)OCC)cc([N+](=O)[O-])c1. The molecule has 1 aromatic carbocycles. The number of carbonyl (C=O) groups is 3. The summed E-state index contributed by atoms with van der Waals surface area (Å²) in [6.45, 7) is 9.13. The van der Waals surface area contributed by atoms with Gasteiger partial charge in [-0.25, -0.2) is 9.59 Å². The van der Waals surface area contributed by atoms with E-state index in [4.69, 9.17) is 9.47 Å². The van der Waals surface area contributed by atoms with Crippen molar-refractivity contribution in [2.24, 2.45) is 0 Å². The fourth-order valence-corrected chi connectivity index (χ4v) is 2.17. The van der Waals surface area contributed by atoms with Gasteiger partial charge in [-0.15, -0.1) is 0 Å². The van der Waals surface area contributed by atoms with Crippen LogP contribution in [0.4, 0.5) is 5.69 Å². The van der Waals surface area contributed by atoms with Crippen LogP contribution in [0.5, 0.6) is 0 Å². The first-order valence-electron chi connectivity index (χ1n) is 8.25. The number of hydrogen-bond donors (Lipinski definition) is 0. The molecule has 9 nitrogen and oxygen atoms in total. The second-order valence-electron chi connectivity index (χ2n) is 5.69. The van der Waals surface area contributed by atoms with Crippen LogP contribution in [0.2, 0.25) is 0 Å². The summed E-state index contributed by atoms with van der Waals surface area (Å²) >= 11 is 0. The number of benzene rings is 1. The molecule has 0 saturated carbocycles. The Balaban J connectivity index is 2.95. The Labute approximate surface area is 156 Å². The zero-order chi connectivity index (χ0) is 20.6. The molecule has 1 aromatic rings. The van der Waals surface area contributed by atoms with Crippen LogP contribution in [0.25, 0.3) is 0 Å². The molecule has 0 heterocycles. The number of hydrogen-bond acceptors (Lipinski definition) is 7. The highest BCUT2D eigenvalue weighted by atomic mass is 16.6. The van der Waals surface area contributed by atoms with Crippen LogP contribution in [0.3, 0.4) is 0 Å². The van der Waals surface area contributed by atoms with Gasteiger partial charge < -0.3 is 14.4 Å². The number of likely N-dealkylation sites (N-methyl/N-ethyl adjacent to an activating group) is 1. The molecular formula is C18H22N2O7. The molecule has 146 valence electrons. The molecule has 0 fully saturated rings. The van der Waals surface area contributed by atoms with Crippen molar-refractivity contribution in [3.63, 3.8) is 0 Å². The van der Waals surface area contributed by atoms with E-state index in [9.17, 15) is 24.5 Å². The minimum absolute atomic E-state index is 0.0748. The summed E-state index contributed by atoms with van der Waals surface area (Å²) < 4.78 is 9.75. The predicted molar refractivity (Wildman–Crippen MR) is 96.4 cm³/mol. The van der Waals surface area contributed by atoms with Gasteiger partial charge >= 0.3 is 11.9 Å². The van der Waals surface area contributed by atoms with Crippen LogP contribution in [0, 0.1) is 10.1 Å². The van der Waals surface area contributed by atoms with Crippen LogP contribution in [-0.2, 0) is 14.3 Å². The minimum Gasteiger partial charge on any atom is -0.462 e. The van der Waals surface area contributed by atoms with Crippen molar-refractivity contribution in [2.45, 2.75) is 20.8 Å². The highest BCUT2D eigenvalue weighted by molar-refractivity contribution is 5.97. The van der Waals surface area contributed by atoms with E-state index in [1.165, 1.54) is 4.90 Å². The lowest BCUT2D eigenvalue weighted by Gasteiger charge is -2.20. The summed E-state index contributed by atoms with van der Waals surface area (Å²) in [5.74, 6) is -2.18. The van der Waals surface area contributed by atoms with Gasteiger partial charge in [0.25, 0.3) is 11.6 Å². The van der Waals surface area contributed by atoms with Crippen molar-refractivity contribution in [1.29, 1.82) is 0 Å². The molecule has 0 bridgehead atoms. The first-order valence-corrected chi connectivity index (χ1v) is 8.25. The number of nitrogens with zero attached hydrogens (tertiary/aromatic N) is 2. The predicted octanol–water partition coefficient (Wildman–Crippen LogP) is 2.35. The summed E-state index contributed by atoms with van der Waals surface area (Å²) in [6, 6.07) is 3.11. The Bertz CT molecular complexity index is 758. The molecule has 1 rings (SSSR count). The minimum atomic E-state index is -0.955. The maximum atomic E-state index is 12.2. The lowest BCUT2D eigenvalue weighted by Crippen LogP contribution is -2.35. The van der Waals surface area contributed by atoms with Crippen molar-refractivity contribution in [1.82, 2.24) is 4.90 Å². The van der Waals surface area contributed by atoms with Crippen LogP contribution in [-0.4, -0.2) is 54.0 Å². The molecular weight excluding hydrogens is 356 g/mol. The first-order chi connectivity index (χ1) is 12.7. The molecule has 0 aliphatic rings. The van der Waals surface area contributed by atoms with E-state index in [0.717, 1.165) is 23.8 Å². The molecule has 0 aliphatic carbocycles. The number of amides is 1. The third-order valence-corrected chi connectivity index (χ3v) is 3.40. The van der Waals surface area contributed by atoms with E-state index in [1.54, 1.807) is 20.8 Å². The summed E-state index contributed by atoms with van der Waals surface area (Å²) in [5.41, 5.74) is -0.0598. The van der Waals surface area contributed by atoms with Gasteiger partial charge in [-0.05, 0) is 26.8 Å². The summed E-state index contributed by atoms with van der Waals surface area (Å²) in [6.07, 6.45) is 0. The lowest BCUT2D eigenvalue weighted by atomic mass is 10.1. The standard InChI is InChI=1S/C18H22N2O7/c1-5-19(10-12(3)4)16(21)11-27-18(23)14-7-13(17(22)26-6-2)8-15(9-14)20(24)25/h7-9H,3,5-6,10-11H2,1-2,4H3. The molecule has 0 aromatic heterocycles. The highest BCUT2D eigenvalue weighted by Crippen LogP contribution is 2.19. The van der Waals surface area contributed by atoms with Gasteiger partial charge in [-0.1, -0.05) is 12.2 Å². The monoisotopic (exact) mass is 378 g/mol. The van der Waals surface area contributed by atoms with Gasteiger partial charge in [0.2, 0.25) is 0 Å². The van der Waals surface area contributed by atoms with Gasteiger partial charge in [0.15, 0.2) is 6.61 Å². The van der Waals surface area contributed by atoms with E-state index in [-0.39, 0.29) is 17.7 Å². The number of nitro benzene ring substituents is 1. The zero-order valence-corrected chi connectivity index (χ0v) is 15.5. The molecule has 0 saturated heterocycles. The van der Waals surface area contributed by atoms with E-state index in [0.29, 0.717) is 13.1 Å². The lowest BCUT2D eigenvalue weighted by molar-refractivity contribution is -0.384. The Hall–Kier alpha value is -3.23. The molecule has 0 N–H and O–H groups in total. The quantitative estimate of drug-likeness (QED) is 0.280. The number of ether oxygens (including phenoxy) is 2. The molecule has 9 heteroatoms. The van der Waals surface area contributed by atoms with Gasteiger partial charge in [0.05, 0.1) is 22.7 Å². The van der Waals surface area contributed by atoms with E-state index in [1.807, 2.05) is 0 Å². The van der Waals surface area contributed by atoms with Gasteiger partial charge in [-0.2, -0.15) is 0 Å². The topological polar surface area (TPSA) is 116 Å². The maximum absolute atomic E-state index is 12.2.